The van der Waals surface area contributed by atoms with Crippen molar-refractivity contribution in [3.63, 3.8) is 0 Å². The van der Waals surface area contributed by atoms with E-state index in [2.05, 4.69) is 5.48 Å². The molecule has 1 N–H and O–H groups in total. The molecule has 88 valence electrons. The van der Waals surface area contributed by atoms with Gasteiger partial charge in [0.25, 0.3) is 0 Å². The van der Waals surface area contributed by atoms with Gasteiger partial charge in [-0.05, 0) is 32.1 Å². The Bertz CT molecular complexity index is 194. The van der Waals surface area contributed by atoms with Crippen LogP contribution in [-0.2, 0) is 14.3 Å². The number of rotatable bonds is 5. The van der Waals surface area contributed by atoms with Crippen LogP contribution in [0.1, 0.15) is 32.1 Å². The number of nitrogens with one attached hydrogen (secondary N) is 1. The molecule has 0 radical (unpaired) electrons. The van der Waals surface area contributed by atoms with Crippen LogP contribution in [0.2, 0.25) is 0 Å². The van der Waals surface area contributed by atoms with E-state index in [-0.39, 0.29) is 5.60 Å². The standard InChI is InChI=1S/C11H21NO3/c1-13-7-8-15-12-10-3-6-14-11(9-10)4-2-5-11/h10,12H,2-9H2,1H3. The predicted octanol–water partition coefficient (Wildman–Crippen LogP) is 1.26. The minimum Gasteiger partial charge on any atom is -0.382 e. The van der Waals surface area contributed by atoms with Gasteiger partial charge in [0, 0.05) is 19.8 Å². The van der Waals surface area contributed by atoms with Gasteiger partial charge in [-0.2, -0.15) is 5.48 Å². The molecule has 0 bridgehead atoms. The normalized spacial score (nSPS) is 29.0. The van der Waals surface area contributed by atoms with Crippen molar-refractivity contribution >= 4 is 0 Å². The van der Waals surface area contributed by atoms with E-state index < -0.39 is 0 Å². The molecule has 1 spiro atoms. The Kier molecular flexibility index (Phi) is 3.97. The molecule has 2 fully saturated rings. The van der Waals surface area contributed by atoms with Gasteiger partial charge in [0.1, 0.15) is 0 Å². The summed E-state index contributed by atoms with van der Waals surface area (Å²) in [5.41, 5.74) is 3.31. The molecular weight excluding hydrogens is 194 g/mol. The van der Waals surface area contributed by atoms with Gasteiger partial charge in [-0.15, -0.1) is 0 Å². The van der Waals surface area contributed by atoms with Crippen molar-refractivity contribution in [2.45, 2.75) is 43.7 Å². The lowest BCUT2D eigenvalue weighted by atomic mass is 9.74. The molecule has 4 nitrogen and oxygen atoms in total. The fourth-order valence-electron chi connectivity index (χ4n) is 2.35. The topological polar surface area (TPSA) is 39.7 Å². The number of hydroxylamine groups is 1. The van der Waals surface area contributed by atoms with E-state index in [0.29, 0.717) is 19.3 Å². The second kappa shape index (κ2) is 5.25. The summed E-state index contributed by atoms with van der Waals surface area (Å²) in [4.78, 5) is 5.34. The van der Waals surface area contributed by atoms with Crippen LogP contribution in [0.4, 0.5) is 0 Å². The zero-order valence-electron chi connectivity index (χ0n) is 9.46. The summed E-state index contributed by atoms with van der Waals surface area (Å²) < 4.78 is 10.8. The fraction of sp³-hybridized carbons (Fsp3) is 1.00. The first-order valence-corrected chi connectivity index (χ1v) is 5.85. The molecule has 2 rings (SSSR count). The molecule has 1 heterocycles. The maximum Gasteiger partial charge on any atom is 0.0915 e. The summed E-state index contributed by atoms with van der Waals surface area (Å²) in [6.45, 7) is 2.12. The molecular formula is C11H21NO3. The van der Waals surface area contributed by atoms with Crippen molar-refractivity contribution in [2.24, 2.45) is 0 Å². The van der Waals surface area contributed by atoms with Crippen LogP contribution in [0.15, 0.2) is 0 Å². The third kappa shape index (κ3) is 2.91. The highest BCUT2D eigenvalue weighted by Gasteiger charge is 2.42. The van der Waals surface area contributed by atoms with Crippen molar-refractivity contribution in [1.29, 1.82) is 0 Å². The Labute approximate surface area is 91.2 Å². The summed E-state index contributed by atoms with van der Waals surface area (Å²) in [5.74, 6) is 0. The summed E-state index contributed by atoms with van der Waals surface area (Å²) in [6, 6.07) is 0.455. The van der Waals surface area contributed by atoms with Crippen molar-refractivity contribution in [3.8, 4) is 0 Å². The molecule has 1 saturated heterocycles. The average molecular weight is 215 g/mol. The number of hydrogen-bond acceptors (Lipinski definition) is 4. The third-order valence-corrected chi connectivity index (χ3v) is 3.40. The van der Waals surface area contributed by atoms with Crippen LogP contribution in [0.25, 0.3) is 0 Å². The smallest absolute Gasteiger partial charge is 0.0915 e. The second-order valence-electron chi connectivity index (χ2n) is 4.53. The van der Waals surface area contributed by atoms with E-state index in [1.54, 1.807) is 7.11 Å². The van der Waals surface area contributed by atoms with Crippen molar-refractivity contribution in [2.75, 3.05) is 26.9 Å². The van der Waals surface area contributed by atoms with E-state index >= 15 is 0 Å². The van der Waals surface area contributed by atoms with E-state index in [1.807, 2.05) is 0 Å². The van der Waals surface area contributed by atoms with Crippen LogP contribution < -0.4 is 5.48 Å². The highest BCUT2D eigenvalue weighted by Crippen LogP contribution is 2.42. The summed E-state index contributed by atoms with van der Waals surface area (Å²) in [6.07, 6.45) is 5.92. The van der Waals surface area contributed by atoms with E-state index in [1.165, 1.54) is 19.3 Å². The van der Waals surface area contributed by atoms with Crippen LogP contribution in [0.3, 0.4) is 0 Å². The molecule has 15 heavy (non-hydrogen) atoms. The lowest BCUT2D eigenvalue weighted by Gasteiger charge is -2.47. The number of hydrogen-bond donors (Lipinski definition) is 1. The average Bonchev–Trinajstić information content (AvgIpc) is 2.23. The van der Waals surface area contributed by atoms with Crippen molar-refractivity contribution in [3.05, 3.63) is 0 Å². The maximum atomic E-state index is 5.84. The molecule has 1 unspecified atom stereocenters. The first kappa shape index (κ1) is 11.3. The second-order valence-corrected chi connectivity index (χ2v) is 4.53. The van der Waals surface area contributed by atoms with Crippen LogP contribution in [0.5, 0.6) is 0 Å². The zero-order chi connectivity index (χ0) is 10.6. The molecule has 0 aromatic rings. The summed E-state index contributed by atoms with van der Waals surface area (Å²) >= 11 is 0. The van der Waals surface area contributed by atoms with Crippen molar-refractivity contribution < 1.29 is 14.3 Å². The molecule has 0 amide bonds. The van der Waals surface area contributed by atoms with Crippen molar-refractivity contribution in [1.82, 2.24) is 5.48 Å². The lowest BCUT2D eigenvalue weighted by molar-refractivity contribution is -0.152. The van der Waals surface area contributed by atoms with Crippen LogP contribution in [0, 0.1) is 0 Å². The monoisotopic (exact) mass is 215 g/mol. The van der Waals surface area contributed by atoms with Gasteiger partial charge in [-0.1, -0.05) is 0 Å². The summed E-state index contributed by atoms with van der Waals surface area (Å²) in [7, 11) is 1.68. The molecule has 0 aromatic heterocycles. The Morgan fingerprint density at radius 2 is 2.27 bits per heavy atom. The number of methoxy groups -OCH3 is 1. The molecule has 1 atom stereocenters. The molecule has 4 heteroatoms. The first-order chi connectivity index (χ1) is 7.35. The molecule has 2 aliphatic rings. The Balaban J connectivity index is 1.64. The van der Waals surface area contributed by atoms with Gasteiger partial charge < -0.3 is 9.47 Å². The Hall–Kier alpha value is -0.160. The highest BCUT2D eigenvalue weighted by molar-refractivity contribution is 4.95. The first-order valence-electron chi connectivity index (χ1n) is 5.85. The minimum atomic E-state index is 0.195. The van der Waals surface area contributed by atoms with Gasteiger partial charge in [-0.3, -0.25) is 4.84 Å². The maximum absolute atomic E-state index is 5.84. The molecule has 1 aliphatic carbocycles. The van der Waals surface area contributed by atoms with Gasteiger partial charge in [0.15, 0.2) is 0 Å². The van der Waals surface area contributed by atoms with Crippen LogP contribution in [-0.4, -0.2) is 38.6 Å². The van der Waals surface area contributed by atoms with Crippen LogP contribution >= 0.6 is 0 Å². The van der Waals surface area contributed by atoms with Gasteiger partial charge in [0.05, 0.1) is 18.8 Å². The predicted molar refractivity (Wildman–Crippen MR) is 56.5 cm³/mol. The van der Waals surface area contributed by atoms with Gasteiger partial charge in [-0.25, -0.2) is 0 Å². The van der Waals surface area contributed by atoms with E-state index in [9.17, 15) is 0 Å². The fourth-order valence-corrected chi connectivity index (χ4v) is 2.35. The number of ether oxygens (including phenoxy) is 2. The van der Waals surface area contributed by atoms with E-state index in [4.69, 9.17) is 14.3 Å². The minimum absolute atomic E-state index is 0.195. The summed E-state index contributed by atoms with van der Waals surface area (Å²) in [5, 5.41) is 0. The molecule has 1 saturated carbocycles. The Morgan fingerprint density at radius 1 is 1.40 bits per heavy atom. The molecule has 0 aromatic carbocycles. The quantitative estimate of drug-likeness (QED) is 0.553. The largest absolute Gasteiger partial charge is 0.382 e. The third-order valence-electron chi connectivity index (χ3n) is 3.40. The van der Waals surface area contributed by atoms with Gasteiger partial charge >= 0.3 is 0 Å². The SMILES string of the molecule is COCCONC1CCOC2(CCC2)C1. The van der Waals surface area contributed by atoms with E-state index in [0.717, 1.165) is 19.4 Å². The highest BCUT2D eigenvalue weighted by atomic mass is 16.7. The van der Waals surface area contributed by atoms with Gasteiger partial charge in [0.2, 0.25) is 0 Å². The Morgan fingerprint density at radius 3 is 2.93 bits per heavy atom. The zero-order valence-corrected chi connectivity index (χ0v) is 9.46. The molecule has 1 aliphatic heterocycles. The lowest BCUT2D eigenvalue weighted by Crippen LogP contribution is -2.51.